The lowest BCUT2D eigenvalue weighted by atomic mass is 10.1. The van der Waals surface area contributed by atoms with Gasteiger partial charge in [0.1, 0.15) is 6.42 Å². The number of carbonyl (C=O) groups is 3. The van der Waals surface area contributed by atoms with Crippen LogP contribution in [0.1, 0.15) is 46.5 Å². The Balaban J connectivity index is 3.99. The number of hydrogen-bond acceptors (Lipinski definition) is 6. The fourth-order valence-corrected chi connectivity index (χ4v) is 1.54. The van der Waals surface area contributed by atoms with Gasteiger partial charge < -0.3 is 14.2 Å². The van der Waals surface area contributed by atoms with E-state index in [1.54, 1.807) is 13.8 Å². The van der Waals surface area contributed by atoms with Crippen LogP contribution in [0.5, 0.6) is 0 Å². The first-order valence-corrected chi connectivity index (χ1v) is 7.60. The van der Waals surface area contributed by atoms with Gasteiger partial charge in [-0.25, -0.2) is 17.6 Å². The second-order valence-electron chi connectivity index (χ2n) is 5.66. The predicted molar refractivity (Wildman–Crippen MR) is 76.9 cm³/mol. The molecule has 0 bridgehead atoms. The van der Waals surface area contributed by atoms with Crippen molar-refractivity contribution in [3.8, 4) is 0 Å². The quantitative estimate of drug-likeness (QED) is 0.239. The Bertz CT molecular complexity index is 461. The van der Waals surface area contributed by atoms with E-state index in [2.05, 4.69) is 14.2 Å². The van der Waals surface area contributed by atoms with Crippen LogP contribution in [0.2, 0.25) is 0 Å². The van der Waals surface area contributed by atoms with Crippen molar-refractivity contribution in [2.45, 2.75) is 58.3 Å². The van der Waals surface area contributed by atoms with Gasteiger partial charge in [-0.05, 0) is 13.3 Å². The predicted octanol–water partition coefficient (Wildman–Crippen LogP) is 3.08. The molecule has 0 spiro atoms. The number of alkyl halides is 4. The number of hydrogen-bond donors (Lipinski definition) is 0. The molecular weight excluding hydrogens is 352 g/mol. The third kappa shape index (κ3) is 12.2. The summed E-state index contributed by atoms with van der Waals surface area (Å²) in [4.78, 5) is 33.8. The van der Waals surface area contributed by atoms with E-state index in [1.165, 1.54) is 0 Å². The molecular formula is C15H22F4O6. The highest BCUT2D eigenvalue weighted by Crippen LogP contribution is 2.32. The lowest BCUT2D eigenvalue weighted by molar-refractivity contribution is -0.171. The van der Waals surface area contributed by atoms with Crippen LogP contribution < -0.4 is 0 Å². The van der Waals surface area contributed by atoms with Gasteiger partial charge in [-0.1, -0.05) is 13.8 Å². The summed E-state index contributed by atoms with van der Waals surface area (Å²) >= 11 is 0. The zero-order valence-corrected chi connectivity index (χ0v) is 14.3. The van der Waals surface area contributed by atoms with Gasteiger partial charge in [0.05, 0.1) is 18.9 Å². The average Bonchev–Trinajstić information content (AvgIpc) is 2.43. The van der Waals surface area contributed by atoms with E-state index >= 15 is 0 Å². The molecule has 0 radical (unpaired) electrons. The highest BCUT2D eigenvalue weighted by atomic mass is 19.3. The maximum atomic E-state index is 13.2. The van der Waals surface area contributed by atoms with Crippen molar-refractivity contribution in [1.82, 2.24) is 0 Å². The number of esters is 3. The molecule has 1 atom stereocenters. The molecule has 1 unspecified atom stereocenters. The second kappa shape index (κ2) is 10.2. The summed E-state index contributed by atoms with van der Waals surface area (Å²) in [5.41, 5.74) is 0. The maximum absolute atomic E-state index is 13.2. The molecule has 0 aromatic rings. The molecule has 0 aliphatic heterocycles. The van der Waals surface area contributed by atoms with Crippen LogP contribution in [0.25, 0.3) is 0 Å². The molecule has 10 heteroatoms. The van der Waals surface area contributed by atoms with Crippen molar-refractivity contribution in [3.05, 3.63) is 0 Å². The topological polar surface area (TPSA) is 78.9 Å². The summed E-state index contributed by atoms with van der Waals surface area (Å²) in [6, 6.07) is 0. The molecule has 0 N–H and O–H groups in total. The van der Waals surface area contributed by atoms with Crippen molar-refractivity contribution >= 4 is 17.9 Å². The van der Waals surface area contributed by atoms with E-state index in [9.17, 15) is 31.9 Å². The van der Waals surface area contributed by atoms with Crippen LogP contribution in [0.4, 0.5) is 17.6 Å². The van der Waals surface area contributed by atoms with Crippen LogP contribution >= 0.6 is 0 Å². The van der Waals surface area contributed by atoms with Gasteiger partial charge in [0.25, 0.3) is 11.8 Å². The number of carbonyl (C=O) groups excluding carboxylic acids is 3. The van der Waals surface area contributed by atoms with Gasteiger partial charge in [-0.2, -0.15) is 0 Å². The fraction of sp³-hybridized carbons (Fsp3) is 0.800. The van der Waals surface area contributed by atoms with E-state index in [0.29, 0.717) is 13.3 Å². The van der Waals surface area contributed by atoms with Gasteiger partial charge in [0.15, 0.2) is 0 Å². The molecule has 25 heavy (non-hydrogen) atoms. The molecule has 0 aliphatic carbocycles. The minimum absolute atomic E-state index is 0.358. The van der Waals surface area contributed by atoms with Crippen LogP contribution in [0, 0.1) is 5.92 Å². The number of halogens is 4. The molecule has 0 fully saturated rings. The van der Waals surface area contributed by atoms with Gasteiger partial charge in [0.2, 0.25) is 6.79 Å². The minimum atomic E-state index is -3.71. The Morgan fingerprint density at radius 2 is 1.56 bits per heavy atom. The smallest absolute Gasteiger partial charge is 0.320 e. The zero-order valence-electron chi connectivity index (χ0n) is 14.3. The van der Waals surface area contributed by atoms with Crippen molar-refractivity contribution in [2.24, 2.45) is 5.92 Å². The van der Waals surface area contributed by atoms with Gasteiger partial charge in [-0.15, -0.1) is 0 Å². The number of rotatable bonds is 11. The third-order valence-electron chi connectivity index (χ3n) is 3.02. The van der Waals surface area contributed by atoms with E-state index in [4.69, 9.17) is 0 Å². The van der Waals surface area contributed by atoms with Crippen LogP contribution in [0.15, 0.2) is 0 Å². The maximum Gasteiger partial charge on any atom is 0.320 e. The van der Waals surface area contributed by atoms with E-state index < -0.39 is 62.4 Å². The molecule has 0 saturated carbocycles. The minimum Gasteiger partial charge on any atom is -0.465 e. The normalized spacial score (nSPS) is 13.1. The largest absolute Gasteiger partial charge is 0.465 e. The van der Waals surface area contributed by atoms with Crippen molar-refractivity contribution < 1.29 is 46.2 Å². The SMILES string of the molecule is CCC(C)C(=O)OCOC(=O)CC(=O)OCCC(F)(F)CC(C)(F)F. The average molecular weight is 374 g/mol. The molecule has 0 heterocycles. The van der Waals surface area contributed by atoms with Crippen LogP contribution in [-0.2, 0) is 28.6 Å². The highest BCUT2D eigenvalue weighted by Gasteiger charge is 2.39. The summed E-state index contributed by atoms with van der Waals surface area (Å²) < 4.78 is 64.8. The summed E-state index contributed by atoms with van der Waals surface area (Å²) in [5.74, 6) is -10.4. The van der Waals surface area contributed by atoms with Gasteiger partial charge in [-0.3, -0.25) is 14.4 Å². The molecule has 0 aromatic carbocycles. The highest BCUT2D eigenvalue weighted by molar-refractivity contribution is 5.91. The summed E-state index contributed by atoms with van der Waals surface area (Å²) in [6.45, 7) is 2.24. The Hall–Kier alpha value is -1.87. The summed E-state index contributed by atoms with van der Waals surface area (Å²) in [5, 5.41) is 0. The van der Waals surface area contributed by atoms with Crippen molar-refractivity contribution in [3.63, 3.8) is 0 Å². The third-order valence-corrected chi connectivity index (χ3v) is 3.02. The fourth-order valence-electron chi connectivity index (χ4n) is 1.54. The summed E-state index contributed by atoms with van der Waals surface area (Å²) in [7, 11) is 0. The Morgan fingerprint density at radius 1 is 1.00 bits per heavy atom. The van der Waals surface area contributed by atoms with E-state index in [-0.39, 0.29) is 5.92 Å². The van der Waals surface area contributed by atoms with Crippen LogP contribution in [-0.4, -0.2) is 43.2 Å². The van der Waals surface area contributed by atoms with Gasteiger partial charge in [0, 0.05) is 6.42 Å². The Morgan fingerprint density at radius 3 is 2.08 bits per heavy atom. The molecule has 146 valence electrons. The Kier molecular flexibility index (Phi) is 9.43. The molecule has 0 saturated heterocycles. The first-order chi connectivity index (χ1) is 11.4. The molecule has 0 rings (SSSR count). The zero-order chi connectivity index (χ0) is 19.7. The Labute approximate surface area is 142 Å². The second-order valence-corrected chi connectivity index (χ2v) is 5.66. The summed E-state index contributed by atoms with van der Waals surface area (Å²) in [6.07, 6.45) is -3.10. The lowest BCUT2D eigenvalue weighted by Gasteiger charge is -2.19. The van der Waals surface area contributed by atoms with Gasteiger partial charge >= 0.3 is 17.9 Å². The van der Waals surface area contributed by atoms with Crippen molar-refractivity contribution in [1.29, 1.82) is 0 Å². The van der Waals surface area contributed by atoms with E-state index in [1.807, 2.05) is 0 Å². The standard InChI is InChI=1S/C15H22F4O6/c1-4-10(2)13(22)25-9-24-12(21)7-11(20)23-6-5-15(18,19)8-14(3,16)17/h10H,4-9H2,1-3H3. The molecule has 0 aromatic heterocycles. The van der Waals surface area contributed by atoms with E-state index in [0.717, 1.165) is 0 Å². The number of ether oxygens (including phenoxy) is 3. The van der Waals surface area contributed by atoms with Crippen molar-refractivity contribution in [2.75, 3.05) is 13.4 Å². The molecule has 6 nitrogen and oxygen atoms in total. The lowest BCUT2D eigenvalue weighted by Crippen LogP contribution is -2.28. The first-order valence-electron chi connectivity index (χ1n) is 7.60. The molecule has 0 aliphatic rings. The molecule has 0 amide bonds. The first kappa shape index (κ1) is 23.1. The monoisotopic (exact) mass is 374 g/mol. The van der Waals surface area contributed by atoms with Crippen LogP contribution in [0.3, 0.4) is 0 Å².